The van der Waals surface area contributed by atoms with E-state index in [9.17, 15) is 13.2 Å². The second-order valence-corrected chi connectivity index (χ2v) is 4.80. The fraction of sp³-hybridized carbons (Fsp3) is 0.0667. The molecular formula is C15H8ClF3N2. The molecule has 2 aromatic heterocycles. The normalized spacial score (nSPS) is 11.8. The third kappa shape index (κ3) is 2.69. The fourth-order valence-corrected chi connectivity index (χ4v) is 2.26. The molecule has 0 radical (unpaired) electrons. The van der Waals surface area contributed by atoms with Gasteiger partial charge in [-0.25, -0.2) is 9.97 Å². The topological polar surface area (TPSA) is 25.8 Å². The van der Waals surface area contributed by atoms with E-state index in [1.165, 1.54) is 6.07 Å². The van der Waals surface area contributed by atoms with Crippen molar-refractivity contribution < 1.29 is 13.2 Å². The van der Waals surface area contributed by atoms with Crippen molar-refractivity contribution in [2.75, 3.05) is 0 Å². The minimum absolute atomic E-state index is 0.0655. The minimum Gasteiger partial charge on any atom is -0.246 e. The quantitative estimate of drug-likeness (QED) is 0.593. The van der Waals surface area contributed by atoms with Gasteiger partial charge in [0.25, 0.3) is 0 Å². The summed E-state index contributed by atoms with van der Waals surface area (Å²) in [7, 11) is 0. The fourth-order valence-electron chi connectivity index (χ4n) is 2.09. The van der Waals surface area contributed by atoms with E-state index in [0.717, 1.165) is 6.07 Å². The van der Waals surface area contributed by atoms with Gasteiger partial charge in [-0.15, -0.1) is 0 Å². The molecule has 6 heteroatoms. The molecular weight excluding hydrogens is 301 g/mol. The van der Waals surface area contributed by atoms with E-state index >= 15 is 0 Å². The molecule has 0 bridgehead atoms. The van der Waals surface area contributed by atoms with Gasteiger partial charge in [0.05, 0.1) is 22.5 Å². The van der Waals surface area contributed by atoms with Crippen molar-refractivity contribution in [3.63, 3.8) is 0 Å². The Labute approximate surface area is 123 Å². The molecule has 0 amide bonds. The zero-order chi connectivity index (χ0) is 15.0. The van der Waals surface area contributed by atoms with Crippen LogP contribution in [0.2, 0.25) is 5.15 Å². The lowest BCUT2D eigenvalue weighted by atomic mass is 10.1. The lowest BCUT2D eigenvalue weighted by Crippen LogP contribution is -2.07. The molecule has 0 unspecified atom stereocenters. The van der Waals surface area contributed by atoms with Crippen LogP contribution in [0.4, 0.5) is 13.2 Å². The van der Waals surface area contributed by atoms with E-state index < -0.39 is 11.7 Å². The summed E-state index contributed by atoms with van der Waals surface area (Å²) in [6, 6.07) is 11.9. The van der Waals surface area contributed by atoms with Crippen LogP contribution in [0.3, 0.4) is 0 Å². The number of halogens is 4. The van der Waals surface area contributed by atoms with E-state index in [-0.39, 0.29) is 21.7 Å². The first-order chi connectivity index (χ1) is 9.95. The van der Waals surface area contributed by atoms with Gasteiger partial charge >= 0.3 is 6.18 Å². The number of aromatic nitrogens is 2. The van der Waals surface area contributed by atoms with Gasteiger partial charge in [0.15, 0.2) is 0 Å². The number of benzene rings is 1. The summed E-state index contributed by atoms with van der Waals surface area (Å²) in [5.74, 6) is 0. The Morgan fingerprint density at radius 1 is 0.857 bits per heavy atom. The van der Waals surface area contributed by atoms with E-state index in [1.54, 1.807) is 36.4 Å². The lowest BCUT2D eigenvalue weighted by molar-refractivity contribution is -0.136. The number of pyridine rings is 2. The highest BCUT2D eigenvalue weighted by molar-refractivity contribution is 6.29. The number of alkyl halides is 3. The molecule has 1 aromatic carbocycles. The van der Waals surface area contributed by atoms with Crippen molar-refractivity contribution in [2.45, 2.75) is 6.18 Å². The number of nitrogens with zero attached hydrogens (tertiary/aromatic N) is 2. The summed E-state index contributed by atoms with van der Waals surface area (Å²) in [6.45, 7) is 0. The molecule has 3 rings (SSSR count). The molecule has 21 heavy (non-hydrogen) atoms. The first-order valence-corrected chi connectivity index (χ1v) is 6.43. The number of rotatable bonds is 1. The zero-order valence-electron chi connectivity index (χ0n) is 10.5. The number of fused-ring (bicyclic) bond motifs is 1. The first kappa shape index (κ1) is 13.8. The standard InChI is InChI=1S/C15H8ClF3N2/c16-14-7-3-6-12(21-14)13-8-10(15(17,18)19)9-4-1-2-5-11(9)20-13/h1-8H. The Hall–Kier alpha value is -2.14. The Morgan fingerprint density at radius 2 is 1.62 bits per heavy atom. The van der Waals surface area contributed by atoms with Crippen LogP contribution in [0, 0.1) is 0 Å². The maximum atomic E-state index is 13.2. The molecule has 0 atom stereocenters. The summed E-state index contributed by atoms with van der Waals surface area (Å²) >= 11 is 5.78. The van der Waals surface area contributed by atoms with Gasteiger partial charge in [-0.1, -0.05) is 35.9 Å². The summed E-state index contributed by atoms with van der Waals surface area (Å²) < 4.78 is 39.7. The zero-order valence-corrected chi connectivity index (χ0v) is 11.3. The van der Waals surface area contributed by atoms with Crippen molar-refractivity contribution in [3.8, 4) is 11.4 Å². The molecule has 0 saturated carbocycles. The van der Waals surface area contributed by atoms with E-state index in [4.69, 9.17) is 11.6 Å². The van der Waals surface area contributed by atoms with Crippen molar-refractivity contribution in [1.82, 2.24) is 9.97 Å². The van der Waals surface area contributed by atoms with Crippen molar-refractivity contribution in [2.24, 2.45) is 0 Å². The first-order valence-electron chi connectivity index (χ1n) is 6.05. The predicted molar refractivity (Wildman–Crippen MR) is 75.0 cm³/mol. The highest BCUT2D eigenvalue weighted by atomic mass is 35.5. The van der Waals surface area contributed by atoms with E-state index in [1.807, 2.05) is 0 Å². The summed E-state index contributed by atoms with van der Waals surface area (Å²) in [4.78, 5) is 8.25. The Balaban J connectivity index is 2.31. The van der Waals surface area contributed by atoms with Crippen molar-refractivity contribution >= 4 is 22.5 Å². The highest BCUT2D eigenvalue weighted by Gasteiger charge is 2.33. The number of para-hydroxylation sites is 1. The van der Waals surface area contributed by atoms with Crippen LogP contribution in [0.5, 0.6) is 0 Å². The second kappa shape index (κ2) is 5.00. The van der Waals surface area contributed by atoms with Crippen LogP contribution in [0.1, 0.15) is 5.56 Å². The molecule has 0 saturated heterocycles. The van der Waals surface area contributed by atoms with Crippen LogP contribution in [-0.2, 0) is 6.18 Å². The maximum Gasteiger partial charge on any atom is 0.417 e. The van der Waals surface area contributed by atoms with Gasteiger partial charge in [0, 0.05) is 5.39 Å². The van der Waals surface area contributed by atoms with Crippen LogP contribution < -0.4 is 0 Å². The van der Waals surface area contributed by atoms with E-state index in [0.29, 0.717) is 5.69 Å². The molecule has 0 aliphatic rings. The molecule has 0 spiro atoms. The molecule has 0 aliphatic carbocycles. The van der Waals surface area contributed by atoms with Crippen LogP contribution in [0.25, 0.3) is 22.3 Å². The molecule has 2 heterocycles. The molecule has 106 valence electrons. The molecule has 0 N–H and O–H groups in total. The third-order valence-corrected chi connectivity index (χ3v) is 3.21. The SMILES string of the molecule is FC(F)(F)c1cc(-c2cccc(Cl)n2)nc2ccccc12. The third-order valence-electron chi connectivity index (χ3n) is 3.00. The largest absolute Gasteiger partial charge is 0.417 e. The van der Waals surface area contributed by atoms with Crippen LogP contribution >= 0.6 is 11.6 Å². The summed E-state index contributed by atoms with van der Waals surface area (Å²) in [6.07, 6.45) is -4.46. The Morgan fingerprint density at radius 3 is 2.33 bits per heavy atom. The molecule has 0 aliphatic heterocycles. The predicted octanol–water partition coefficient (Wildman–Crippen LogP) is 4.97. The van der Waals surface area contributed by atoms with Gasteiger partial charge in [0.1, 0.15) is 5.15 Å². The smallest absolute Gasteiger partial charge is 0.246 e. The van der Waals surface area contributed by atoms with Crippen LogP contribution in [-0.4, -0.2) is 9.97 Å². The van der Waals surface area contributed by atoms with Crippen molar-refractivity contribution in [1.29, 1.82) is 0 Å². The van der Waals surface area contributed by atoms with E-state index in [2.05, 4.69) is 9.97 Å². The van der Waals surface area contributed by atoms with Crippen molar-refractivity contribution in [3.05, 3.63) is 59.2 Å². The highest BCUT2D eigenvalue weighted by Crippen LogP contribution is 2.36. The van der Waals surface area contributed by atoms with Gasteiger partial charge in [-0.2, -0.15) is 13.2 Å². The lowest BCUT2D eigenvalue weighted by Gasteiger charge is -2.12. The summed E-state index contributed by atoms with van der Waals surface area (Å²) in [5.41, 5.74) is -0.0174. The second-order valence-electron chi connectivity index (χ2n) is 4.42. The van der Waals surface area contributed by atoms with Gasteiger partial charge in [-0.05, 0) is 24.3 Å². The van der Waals surface area contributed by atoms with Gasteiger partial charge < -0.3 is 0 Å². The summed E-state index contributed by atoms with van der Waals surface area (Å²) in [5, 5.41) is 0.270. The molecule has 3 aromatic rings. The average Bonchev–Trinajstić information content (AvgIpc) is 2.45. The number of hydrogen-bond acceptors (Lipinski definition) is 2. The van der Waals surface area contributed by atoms with Gasteiger partial charge in [0.2, 0.25) is 0 Å². The van der Waals surface area contributed by atoms with Crippen LogP contribution in [0.15, 0.2) is 48.5 Å². The van der Waals surface area contributed by atoms with Gasteiger partial charge in [-0.3, -0.25) is 0 Å². The Kier molecular flexibility index (Phi) is 3.29. The molecule has 0 fully saturated rings. The maximum absolute atomic E-state index is 13.2. The average molecular weight is 309 g/mol. The monoisotopic (exact) mass is 308 g/mol. The minimum atomic E-state index is -4.46. The Bertz CT molecular complexity index is 815. The number of hydrogen-bond donors (Lipinski definition) is 0. The molecule has 2 nitrogen and oxygen atoms in total.